The second kappa shape index (κ2) is 4.98. The SMILES string of the molecule is CC(=O)c1ccc2c(c1)N(C)c1ccc(C(C)=O)cc1N2C. The van der Waals surface area contributed by atoms with Crippen LogP contribution in [0.25, 0.3) is 0 Å². The number of fused-ring (bicyclic) bond motifs is 2. The third-order valence-electron chi connectivity index (χ3n) is 4.21. The molecule has 4 heteroatoms. The number of carbonyl (C=O) groups excluding carboxylic acids is 2. The minimum absolute atomic E-state index is 0.0524. The predicted octanol–water partition coefficient (Wildman–Crippen LogP) is 3.94. The van der Waals surface area contributed by atoms with Crippen LogP contribution in [0.5, 0.6) is 0 Å². The summed E-state index contributed by atoms with van der Waals surface area (Å²) in [5, 5.41) is 0. The van der Waals surface area contributed by atoms with Crippen molar-refractivity contribution in [1.82, 2.24) is 0 Å². The second-order valence-corrected chi connectivity index (χ2v) is 5.64. The number of anilines is 4. The number of benzene rings is 2. The molecule has 0 fully saturated rings. The number of hydrogen-bond acceptors (Lipinski definition) is 4. The van der Waals surface area contributed by atoms with Gasteiger partial charge in [0.25, 0.3) is 0 Å². The highest BCUT2D eigenvalue weighted by atomic mass is 16.1. The second-order valence-electron chi connectivity index (χ2n) is 5.64. The first-order valence-corrected chi connectivity index (χ1v) is 7.17. The molecule has 0 amide bonds. The summed E-state index contributed by atoms with van der Waals surface area (Å²) in [5.74, 6) is 0.105. The summed E-state index contributed by atoms with van der Waals surface area (Å²) in [6.45, 7) is 3.14. The predicted molar refractivity (Wildman–Crippen MR) is 89.0 cm³/mol. The Labute approximate surface area is 130 Å². The summed E-state index contributed by atoms with van der Waals surface area (Å²) in [7, 11) is 3.95. The Morgan fingerprint density at radius 2 is 1.05 bits per heavy atom. The molecule has 0 atom stereocenters. The Hall–Kier alpha value is -2.62. The number of rotatable bonds is 2. The Morgan fingerprint density at radius 1 is 0.682 bits per heavy atom. The highest BCUT2D eigenvalue weighted by Crippen LogP contribution is 2.46. The van der Waals surface area contributed by atoms with Crippen molar-refractivity contribution in [2.45, 2.75) is 13.8 Å². The average Bonchev–Trinajstić information content (AvgIpc) is 2.51. The molecule has 0 spiro atoms. The molecule has 0 radical (unpaired) electrons. The van der Waals surface area contributed by atoms with Gasteiger partial charge in [-0.15, -0.1) is 0 Å². The average molecular weight is 294 g/mol. The summed E-state index contributed by atoms with van der Waals surface area (Å²) < 4.78 is 0. The highest BCUT2D eigenvalue weighted by molar-refractivity contribution is 6.02. The van der Waals surface area contributed by atoms with E-state index in [0.29, 0.717) is 11.1 Å². The molecule has 2 aromatic carbocycles. The number of ketones is 2. The Kier molecular flexibility index (Phi) is 3.24. The van der Waals surface area contributed by atoms with Crippen LogP contribution in [0.3, 0.4) is 0 Å². The summed E-state index contributed by atoms with van der Waals surface area (Å²) in [5.41, 5.74) is 5.39. The van der Waals surface area contributed by atoms with Crippen LogP contribution in [0.1, 0.15) is 34.6 Å². The molecule has 2 aromatic rings. The van der Waals surface area contributed by atoms with Crippen molar-refractivity contribution < 1.29 is 9.59 Å². The largest absolute Gasteiger partial charge is 0.341 e. The van der Waals surface area contributed by atoms with Gasteiger partial charge in [0.2, 0.25) is 0 Å². The lowest BCUT2D eigenvalue weighted by molar-refractivity contribution is 0.100. The van der Waals surface area contributed by atoms with Crippen molar-refractivity contribution in [3.63, 3.8) is 0 Å². The fourth-order valence-electron chi connectivity index (χ4n) is 2.85. The van der Waals surface area contributed by atoms with Crippen LogP contribution in [0, 0.1) is 0 Å². The fourth-order valence-corrected chi connectivity index (χ4v) is 2.85. The van der Waals surface area contributed by atoms with Gasteiger partial charge in [-0.25, -0.2) is 0 Å². The summed E-state index contributed by atoms with van der Waals surface area (Å²) in [6.07, 6.45) is 0. The Morgan fingerprint density at radius 3 is 1.36 bits per heavy atom. The summed E-state index contributed by atoms with van der Waals surface area (Å²) in [6, 6.07) is 11.4. The topological polar surface area (TPSA) is 40.6 Å². The monoisotopic (exact) mass is 294 g/mol. The third kappa shape index (κ3) is 2.08. The van der Waals surface area contributed by atoms with Gasteiger partial charge in [-0.05, 0) is 50.2 Å². The summed E-state index contributed by atoms with van der Waals surface area (Å²) in [4.78, 5) is 27.3. The third-order valence-corrected chi connectivity index (χ3v) is 4.21. The zero-order chi connectivity index (χ0) is 16.0. The van der Waals surface area contributed by atoms with Crippen LogP contribution in [-0.2, 0) is 0 Å². The zero-order valence-electron chi connectivity index (χ0n) is 13.2. The first-order chi connectivity index (χ1) is 10.4. The van der Waals surface area contributed by atoms with Gasteiger partial charge in [-0.1, -0.05) is 0 Å². The molecular formula is C18H18N2O2. The number of nitrogens with zero attached hydrogens (tertiary/aromatic N) is 2. The molecule has 1 aliphatic heterocycles. The van der Waals surface area contributed by atoms with E-state index in [1.165, 1.54) is 0 Å². The highest BCUT2D eigenvalue weighted by Gasteiger charge is 2.25. The van der Waals surface area contributed by atoms with Crippen molar-refractivity contribution in [2.24, 2.45) is 0 Å². The molecule has 1 heterocycles. The van der Waals surface area contributed by atoms with Gasteiger partial charge >= 0.3 is 0 Å². The molecule has 112 valence electrons. The lowest BCUT2D eigenvalue weighted by atomic mass is 10.0. The molecule has 4 nitrogen and oxygen atoms in total. The maximum absolute atomic E-state index is 11.6. The first kappa shape index (κ1) is 14.3. The molecular weight excluding hydrogens is 276 g/mol. The molecule has 0 unspecified atom stereocenters. The molecule has 22 heavy (non-hydrogen) atoms. The van der Waals surface area contributed by atoms with E-state index in [4.69, 9.17) is 0 Å². The fraction of sp³-hybridized carbons (Fsp3) is 0.222. The van der Waals surface area contributed by atoms with E-state index in [1.807, 2.05) is 50.5 Å². The van der Waals surface area contributed by atoms with E-state index in [9.17, 15) is 9.59 Å². The number of hydrogen-bond donors (Lipinski definition) is 0. The molecule has 0 saturated heterocycles. The molecule has 1 aliphatic rings. The van der Waals surface area contributed by atoms with Crippen molar-refractivity contribution in [3.8, 4) is 0 Å². The van der Waals surface area contributed by atoms with Crippen LogP contribution in [-0.4, -0.2) is 25.7 Å². The normalized spacial score (nSPS) is 12.7. The van der Waals surface area contributed by atoms with Gasteiger partial charge in [-0.2, -0.15) is 0 Å². The van der Waals surface area contributed by atoms with Crippen LogP contribution in [0.2, 0.25) is 0 Å². The minimum Gasteiger partial charge on any atom is -0.341 e. The van der Waals surface area contributed by atoms with Crippen LogP contribution in [0.4, 0.5) is 22.7 Å². The van der Waals surface area contributed by atoms with E-state index in [0.717, 1.165) is 22.7 Å². The van der Waals surface area contributed by atoms with E-state index < -0.39 is 0 Å². The number of Topliss-reactive ketones (excluding diaryl/α,β-unsaturated/α-hetero) is 2. The quantitative estimate of drug-likeness (QED) is 0.787. The van der Waals surface area contributed by atoms with Crippen molar-refractivity contribution >= 4 is 34.3 Å². The first-order valence-electron chi connectivity index (χ1n) is 7.17. The van der Waals surface area contributed by atoms with Gasteiger partial charge in [0.05, 0.1) is 22.7 Å². The lowest BCUT2D eigenvalue weighted by Gasteiger charge is -2.37. The lowest BCUT2D eigenvalue weighted by Crippen LogP contribution is -2.24. The van der Waals surface area contributed by atoms with Crippen LogP contribution in [0.15, 0.2) is 36.4 Å². The van der Waals surface area contributed by atoms with E-state index >= 15 is 0 Å². The van der Waals surface area contributed by atoms with E-state index in [1.54, 1.807) is 13.8 Å². The zero-order valence-corrected chi connectivity index (χ0v) is 13.2. The summed E-state index contributed by atoms with van der Waals surface area (Å²) >= 11 is 0. The molecule has 3 rings (SSSR count). The molecule has 0 bridgehead atoms. The van der Waals surface area contributed by atoms with Gasteiger partial charge in [0, 0.05) is 25.2 Å². The van der Waals surface area contributed by atoms with Crippen LogP contribution >= 0.6 is 0 Å². The molecule has 0 N–H and O–H groups in total. The number of carbonyl (C=O) groups is 2. The van der Waals surface area contributed by atoms with E-state index in [2.05, 4.69) is 9.80 Å². The van der Waals surface area contributed by atoms with Gasteiger partial charge in [0.15, 0.2) is 11.6 Å². The van der Waals surface area contributed by atoms with Gasteiger partial charge < -0.3 is 9.80 Å². The van der Waals surface area contributed by atoms with Crippen molar-refractivity contribution in [1.29, 1.82) is 0 Å². The molecule has 0 saturated carbocycles. The van der Waals surface area contributed by atoms with Gasteiger partial charge in [0.1, 0.15) is 0 Å². The maximum Gasteiger partial charge on any atom is 0.159 e. The Bertz CT molecular complexity index is 728. The molecule has 0 aliphatic carbocycles. The van der Waals surface area contributed by atoms with Crippen molar-refractivity contribution in [3.05, 3.63) is 47.5 Å². The smallest absolute Gasteiger partial charge is 0.159 e. The van der Waals surface area contributed by atoms with E-state index in [-0.39, 0.29) is 11.6 Å². The van der Waals surface area contributed by atoms with Crippen LogP contribution < -0.4 is 9.80 Å². The van der Waals surface area contributed by atoms with Gasteiger partial charge in [-0.3, -0.25) is 9.59 Å². The minimum atomic E-state index is 0.0524. The standard InChI is InChI=1S/C18H18N2O2/c1-11(21)13-5-7-15-17(9-13)19(3)16-8-6-14(12(2)22)10-18(16)20(15)4/h5-10H,1-4H3. The Balaban J connectivity index is 2.17. The molecule has 0 aromatic heterocycles. The van der Waals surface area contributed by atoms with Crippen molar-refractivity contribution in [2.75, 3.05) is 23.9 Å². The maximum atomic E-state index is 11.6.